The molecule has 5 rings (SSSR count). The molecule has 2 atom stereocenters. The summed E-state index contributed by atoms with van der Waals surface area (Å²) in [4.78, 5) is 37.3. The molecule has 2 aromatic carbocycles. The van der Waals surface area contributed by atoms with Crippen LogP contribution in [0.5, 0.6) is 0 Å². The number of carbonyl (C=O) groups is 1. The van der Waals surface area contributed by atoms with Crippen molar-refractivity contribution in [3.63, 3.8) is 0 Å². The summed E-state index contributed by atoms with van der Waals surface area (Å²) >= 11 is 0. The van der Waals surface area contributed by atoms with Crippen LogP contribution in [0.1, 0.15) is 35.5 Å². The van der Waals surface area contributed by atoms with Gasteiger partial charge in [-0.05, 0) is 42.7 Å². The molecular weight excluding hydrogens is 489 g/mol. The molecule has 0 fully saturated rings. The summed E-state index contributed by atoms with van der Waals surface area (Å²) in [7, 11) is -0.929. The fraction of sp³-hybridized carbons (Fsp3) is 0.214. The number of ether oxygens (including phenoxy) is 1. The van der Waals surface area contributed by atoms with E-state index in [2.05, 4.69) is 24.4 Å². The van der Waals surface area contributed by atoms with Crippen molar-refractivity contribution in [2.24, 2.45) is 10.9 Å². The predicted molar refractivity (Wildman–Crippen MR) is 144 cm³/mol. The number of aromatic nitrogens is 1. The van der Waals surface area contributed by atoms with E-state index in [1.165, 1.54) is 0 Å². The third-order valence-corrected chi connectivity index (χ3v) is 6.91. The number of aliphatic imine (C=N–C) groups is 1. The maximum Gasteiger partial charge on any atom is 0.327 e. The number of fused-ring (bicyclic) bond motifs is 1. The van der Waals surface area contributed by atoms with Gasteiger partial charge in [-0.1, -0.05) is 49.4 Å². The number of rotatable bonds is 7. The van der Waals surface area contributed by atoms with Gasteiger partial charge >= 0.3 is 8.60 Å². The summed E-state index contributed by atoms with van der Waals surface area (Å²) in [5, 5.41) is 4.35. The summed E-state index contributed by atoms with van der Waals surface area (Å²) in [5.41, 5.74) is 4.78. The van der Waals surface area contributed by atoms with Crippen LogP contribution in [0, 0.1) is 5.92 Å². The number of para-hydroxylation sites is 1. The molecule has 1 aromatic heterocycles. The molecule has 3 heterocycles. The van der Waals surface area contributed by atoms with E-state index in [-0.39, 0.29) is 18.6 Å². The van der Waals surface area contributed by atoms with Crippen LogP contribution < -0.4 is 5.32 Å². The van der Waals surface area contributed by atoms with E-state index in [1.807, 2.05) is 43.3 Å². The average molecular weight is 518 g/mol. The lowest BCUT2D eigenvalue weighted by atomic mass is 10.0. The Morgan fingerprint density at radius 2 is 1.95 bits per heavy atom. The van der Waals surface area contributed by atoms with Gasteiger partial charge < -0.3 is 24.4 Å². The zero-order valence-corrected chi connectivity index (χ0v) is 21.6. The van der Waals surface area contributed by atoms with Gasteiger partial charge in [0.15, 0.2) is 0 Å². The van der Waals surface area contributed by atoms with Gasteiger partial charge in [-0.2, -0.15) is 0 Å². The van der Waals surface area contributed by atoms with Gasteiger partial charge in [-0.3, -0.25) is 9.36 Å². The Morgan fingerprint density at radius 3 is 2.68 bits per heavy atom. The smallest absolute Gasteiger partial charge is 0.327 e. The maximum atomic E-state index is 14.0. The first-order valence-electron chi connectivity index (χ1n) is 11.9. The van der Waals surface area contributed by atoms with Crippen molar-refractivity contribution in [1.29, 1.82) is 0 Å². The monoisotopic (exact) mass is 517 g/mol. The summed E-state index contributed by atoms with van der Waals surface area (Å²) in [5.74, 6) is 0.676. The highest BCUT2D eigenvalue weighted by molar-refractivity contribution is 7.39. The van der Waals surface area contributed by atoms with Gasteiger partial charge in [0, 0.05) is 22.7 Å². The van der Waals surface area contributed by atoms with Crippen molar-refractivity contribution in [3.05, 3.63) is 107 Å². The molecule has 2 unspecified atom stereocenters. The quantitative estimate of drug-likeness (QED) is 0.390. The lowest BCUT2D eigenvalue weighted by Crippen LogP contribution is -2.24. The number of nitrogens with one attached hydrogen (secondary N) is 1. The molecule has 0 radical (unpaired) electrons. The highest BCUT2D eigenvalue weighted by atomic mass is 31.2. The van der Waals surface area contributed by atoms with E-state index >= 15 is 0 Å². The molecule has 2 aliphatic heterocycles. The fourth-order valence-corrected chi connectivity index (χ4v) is 5.05. The molecule has 8 nitrogen and oxygen atoms in total. The average Bonchev–Trinajstić information content (AvgIpc) is 3.56. The second-order valence-electron chi connectivity index (χ2n) is 9.05. The van der Waals surface area contributed by atoms with Crippen LogP contribution in [-0.2, 0) is 15.9 Å². The van der Waals surface area contributed by atoms with Gasteiger partial charge in [-0.15, -0.1) is 0 Å². The second kappa shape index (κ2) is 10.4. The van der Waals surface area contributed by atoms with Gasteiger partial charge in [0.25, 0.3) is 5.91 Å². The summed E-state index contributed by atoms with van der Waals surface area (Å²) < 4.78 is 12.3. The van der Waals surface area contributed by atoms with Crippen LogP contribution in [0.2, 0.25) is 0 Å². The van der Waals surface area contributed by atoms with Crippen molar-refractivity contribution >= 4 is 31.1 Å². The number of methoxy groups -OCH3 is 1. The molecule has 0 saturated heterocycles. The van der Waals surface area contributed by atoms with E-state index in [0.717, 1.165) is 16.6 Å². The third kappa shape index (κ3) is 5.02. The lowest BCUT2D eigenvalue weighted by Gasteiger charge is -2.14. The number of benzene rings is 2. The Balaban J connectivity index is 1.59. The first kappa shape index (κ1) is 25.1. The first-order valence-corrected chi connectivity index (χ1v) is 13.1. The molecule has 0 spiro atoms. The van der Waals surface area contributed by atoms with Gasteiger partial charge in [0.1, 0.15) is 11.5 Å². The van der Waals surface area contributed by atoms with Crippen LogP contribution >= 0.6 is 8.60 Å². The van der Waals surface area contributed by atoms with Gasteiger partial charge in [-0.25, -0.2) is 4.99 Å². The molecule has 0 amide bonds. The highest BCUT2D eigenvalue weighted by Gasteiger charge is 2.27. The number of hydrogen-bond acceptors (Lipinski definition) is 7. The minimum Gasteiger partial charge on any atom is -0.494 e. The van der Waals surface area contributed by atoms with E-state index in [1.54, 1.807) is 35.9 Å². The van der Waals surface area contributed by atoms with E-state index in [0.29, 0.717) is 39.9 Å². The third-order valence-electron chi connectivity index (χ3n) is 6.55. The number of allylic oxidation sites excluding steroid dienone is 2. The number of nitrogens with zero attached hydrogens (tertiary/aromatic N) is 2. The summed E-state index contributed by atoms with van der Waals surface area (Å²) in [6, 6.07) is 16.7. The second-order valence-corrected chi connectivity index (χ2v) is 9.82. The first-order chi connectivity index (χ1) is 17.9. The summed E-state index contributed by atoms with van der Waals surface area (Å²) in [6.07, 6.45) is 6.10. The molecule has 3 N–H and O–H groups in total. The van der Waals surface area contributed by atoms with Crippen LogP contribution in [0.25, 0.3) is 10.9 Å². The fourth-order valence-electron chi connectivity index (χ4n) is 4.80. The van der Waals surface area contributed by atoms with Crippen LogP contribution in [-0.4, -0.2) is 39.1 Å². The van der Waals surface area contributed by atoms with Gasteiger partial charge in [0.05, 0.1) is 36.7 Å². The van der Waals surface area contributed by atoms with E-state index < -0.39 is 8.60 Å². The minimum atomic E-state index is -2.54. The molecule has 190 valence electrons. The number of hydrogen-bond donors (Lipinski definition) is 3. The molecule has 37 heavy (non-hydrogen) atoms. The van der Waals surface area contributed by atoms with Crippen molar-refractivity contribution in [2.75, 3.05) is 7.11 Å². The van der Waals surface area contributed by atoms with Crippen LogP contribution in [0.4, 0.5) is 0 Å². The van der Waals surface area contributed by atoms with Crippen molar-refractivity contribution in [1.82, 2.24) is 9.88 Å². The van der Waals surface area contributed by atoms with E-state index in [9.17, 15) is 14.6 Å². The molecule has 2 aliphatic rings. The van der Waals surface area contributed by atoms with E-state index in [4.69, 9.17) is 14.3 Å². The Labute approximate surface area is 216 Å². The lowest BCUT2D eigenvalue weighted by molar-refractivity contribution is 0.0961. The SMILES string of the molecule is COC1=CC(c2cc3ccccc3n2C(=O)c2ccccc2COP(O)O)=N/C1=C/C1NC(C)=CC1C. The zero-order chi connectivity index (χ0) is 26.1. The summed E-state index contributed by atoms with van der Waals surface area (Å²) in [6.45, 7) is 4.09. The highest BCUT2D eigenvalue weighted by Crippen LogP contribution is 2.31. The molecule has 0 aliphatic carbocycles. The molecule has 0 saturated carbocycles. The Bertz CT molecular complexity index is 1480. The predicted octanol–water partition coefficient (Wildman–Crippen LogP) is 4.79. The van der Waals surface area contributed by atoms with Gasteiger partial charge in [0.2, 0.25) is 0 Å². The zero-order valence-electron chi connectivity index (χ0n) is 20.8. The minimum absolute atomic E-state index is 0.0968. The van der Waals surface area contributed by atoms with Crippen molar-refractivity contribution in [3.8, 4) is 0 Å². The Hall–Kier alpha value is -3.55. The maximum absolute atomic E-state index is 14.0. The topological polar surface area (TPSA) is 105 Å². The number of carbonyl (C=O) groups excluding carboxylic acids is 1. The van der Waals surface area contributed by atoms with Crippen LogP contribution in [0.15, 0.2) is 95.0 Å². The normalized spacial score (nSPS) is 20.3. The molecule has 3 aromatic rings. The molecule has 0 bridgehead atoms. The largest absolute Gasteiger partial charge is 0.494 e. The van der Waals surface area contributed by atoms with Crippen molar-refractivity contribution in [2.45, 2.75) is 26.5 Å². The molecular formula is C28H28N3O5P. The molecule has 9 heteroatoms. The van der Waals surface area contributed by atoms with Crippen molar-refractivity contribution < 1.29 is 23.8 Å². The Kier molecular flexibility index (Phi) is 7.09. The van der Waals surface area contributed by atoms with Crippen LogP contribution in [0.3, 0.4) is 0 Å². The standard InChI is InChI=1S/C28H28N3O5P/c1-17-12-18(2)29-22(17)14-24-27(35-3)15-23(30-24)26-13-19-8-5-7-11-25(19)31(26)28(32)21-10-6-4-9-20(21)16-36-37(33)34/h4-15,17,22,29,33-34H,16H2,1-3H3/b24-14+. The Morgan fingerprint density at radius 1 is 1.19 bits per heavy atom.